The Morgan fingerprint density at radius 3 is 2.31 bits per heavy atom. The Kier molecular flexibility index (Phi) is 9.40. The van der Waals surface area contributed by atoms with Crippen molar-refractivity contribution in [2.75, 3.05) is 37.7 Å². The molecule has 2 aliphatic rings. The fraction of sp³-hybridized carbons (Fsp3) is 0.533. The second kappa shape index (κ2) is 12.9. The van der Waals surface area contributed by atoms with Gasteiger partial charge in [-0.1, -0.05) is 37.5 Å². The van der Waals surface area contributed by atoms with Crippen molar-refractivity contribution >= 4 is 17.5 Å². The van der Waals surface area contributed by atoms with Gasteiger partial charge in [0.05, 0.1) is 6.61 Å². The van der Waals surface area contributed by atoms with E-state index in [4.69, 9.17) is 4.74 Å². The molecule has 4 rings (SSSR count). The maximum Gasteiger partial charge on any atom is 0.254 e. The zero-order valence-corrected chi connectivity index (χ0v) is 22.0. The van der Waals surface area contributed by atoms with Crippen molar-refractivity contribution in [1.82, 2.24) is 9.80 Å². The largest absolute Gasteiger partial charge is 0.494 e. The van der Waals surface area contributed by atoms with Crippen LogP contribution in [0, 0.1) is 0 Å². The molecule has 2 heterocycles. The molecule has 0 unspecified atom stereocenters. The molecule has 0 bridgehead atoms. The molecule has 0 aromatic heterocycles. The first-order valence-electron chi connectivity index (χ1n) is 13.7. The average Bonchev–Trinajstić information content (AvgIpc) is 3.38. The summed E-state index contributed by atoms with van der Waals surface area (Å²) in [5, 5.41) is 0. The Bertz CT molecular complexity index is 1030. The molecule has 0 spiro atoms. The third-order valence-electron chi connectivity index (χ3n) is 7.32. The van der Waals surface area contributed by atoms with E-state index in [-0.39, 0.29) is 11.8 Å². The van der Waals surface area contributed by atoms with Crippen LogP contribution in [0.2, 0.25) is 0 Å². The van der Waals surface area contributed by atoms with Crippen molar-refractivity contribution in [3.63, 3.8) is 0 Å². The normalized spacial score (nSPS) is 17.7. The smallest absolute Gasteiger partial charge is 0.254 e. The molecule has 2 amide bonds. The lowest BCUT2D eigenvalue weighted by molar-refractivity contribution is -0.116. The third-order valence-corrected chi connectivity index (χ3v) is 7.32. The van der Waals surface area contributed by atoms with Crippen molar-refractivity contribution in [3.05, 3.63) is 59.2 Å². The highest BCUT2D eigenvalue weighted by atomic mass is 16.5. The van der Waals surface area contributed by atoms with Crippen LogP contribution in [0.4, 0.5) is 5.69 Å². The number of hydrogen-bond donors (Lipinski definition) is 0. The van der Waals surface area contributed by atoms with Crippen LogP contribution in [0.3, 0.4) is 0 Å². The van der Waals surface area contributed by atoms with Crippen LogP contribution in [0.1, 0.15) is 80.3 Å². The average molecular weight is 492 g/mol. The molecule has 0 atom stereocenters. The summed E-state index contributed by atoms with van der Waals surface area (Å²) in [6, 6.07) is 13.9. The van der Waals surface area contributed by atoms with Gasteiger partial charge in [0.15, 0.2) is 0 Å². The number of nitrogens with zero attached hydrogens (tertiary/aromatic N) is 3. The van der Waals surface area contributed by atoms with E-state index in [2.05, 4.69) is 4.90 Å². The Morgan fingerprint density at radius 2 is 1.56 bits per heavy atom. The predicted octanol–water partition coefficient (Wildman–Crippen LogP) is 5.64. The molecule has 2 aromatic rings. The number of fused-ring (bicyclic) bond motifs is 1. The van der Waals surface area contributed by atoms with Crippen molar-refractivity contribution in [2.24, 2.45) is 0 Å². The maximum absolute atomic E-state index is 13.9. The lowest BCUT2D eigenvalue weighted by atomic mass is 10.0. The molecule has 1 fully saturated rings. The topological polar surface area (TPSA) is 53.1 Å². The zero-order chi connectivity index (χ0) is 25.3. The van der Waals surface area contributed by atoms with Gasteiger partial charge in [0.1, 0.15) is 5.75 Å². The van der Waals surface area contributed by atoms with Crippen LogP contribution < -0.4 is 9.64 Å². The Balaban J connectivity index is 1.63. The van der Waals surface area contributed by atoms with Gasteiger partial charge in [0.2, 0.25) is 5.91 Å². The van der Waals surface area contributed by atoms with Crippen molar-refractivity contribution < 1.29 is 14.3 Å². The number of benzene rings is 2. The summed E-state index contributed by atoms with van der Waals surface area (Å²) in [6.07, 6.45) is 7.76. The summed E-state index contributed by atoms with van der Waals surface area (Å²) in [5.41, 5.74) is 3.73. The minimum atomic E-state index is 0.0435. The molecule has 1 saturated heterocycles. The number of carbonyl (C=O) groups excluding carboxylic acids is 2. The van der Waals surface area contributed by atoms with Gasteiger partial charge < -0.3 is 14.5 Å². The molecule has 0 N–H and O–H groups in total. The van der Waals surface area contributed by atoms with Crippen LogP contribution in [0.15, 0.2) is 42.5 Å². The second-order valence-corrected chi connectivity index (χ2v) is 10.0. The lowest BCUT2D eigenvalue weighted by Gasteiger charge is -2.29. The summed E-state index contributed by atoms with van der Waals surface area (Å²) in [6.45, 7) is 9.17. The molecule has 0 aliphatic carbocycles. The molecule has 6 nitrogen and oxygen atoms in total. The first-order valence-corrected chi connectivity index (χ1v) is 13.7. The van der Waals surface area contributed by atoms with Gasteiger partial charge in [-0.3, -0.25) is 14.5 Å². The summed E-state index contributed by atoms with van der Waals surface area (Å²) in [4.78, 5) is 32.7. The zero-order valence-electron chi connectivity index (χ0n) is 22.0. The molecular weight excluding hydrogens is 450 g/mol. The Labute approximate surface area is 216 Å². The van der Waals surface area contributed by atoms with Crippen LogP contribution >= 0.6 is 0 Å². The molecule has 2 aliphatic heterocycles. The number of carbonyl (C=O) groups is 2. The highest BCUT2D eigenvalue weighted by molar-refractivity contribution is 5.95. The molecule has 194 valence electrons. The predicted molar refractivity (Wildman–Crippen MR) is 144 cm³/mol. The standard InChI is InChI=1S/C30H41N3O3/c1-3-36-29-16-15-25(21-27(29)22-31-17-11-12-18-31)30(35)32-19-9-5-4-6-10-20-33(24(2)34)28-14-8-7-13-26(28)23-32/h7-8,13-16,21H,3-6,9-12,17-20,22-23H2,1-2H3. The third kappa shape index (κ3) is 6.67. The van der Waals surface area contributed by atoms with Gasteiger partial charge >= 0.3 is 0 Å². The number of hydrogen-bond acceptors (Lipinski definition) is 4. The van der Waals surface area contributed by atoms with E-state index >= 15 is 0 Å². The number of rotatable bonds is 5. The molecule has 0 saturated carbocycles. The van der Waals surface area contributed by atoms with Crippen LogP contribution in [0.5, 0.6) is 5.75 Å². The van der Waals surface area contributed by atoms with Crippen LogP contribution in [0.25, 0.3) is 0 Å². The van der Waals surface area contributed by atoms with Gasteiger partial charge in [-0.2, -0.15) is 0 Å². The van der Waals surface area contributed by atoms with E-state index in [1.807, 2.05) is 59.2 Å². The fourth-order valence-electron chi connectivity index (χ4n) is 5.41. The molecule has 0 radical (unpaired) electrons. The van der Waals surface area contributed by atoms with Crippen molar-refractivity contribution in [2.45, 2.75) is 71.9 Å². The van der Waals surface area contributed by atoms with Crippen molar-refractivity contribution in [3.8, 4) is 5.75 Å². The van der Waals surface area contributed by atoms with Gasteiger partial charge in [-0.25, -0.2) is 0 Å². The molecule has 2 aromatic carbocycles. The first kappa shape index (κ1) is 26.2. The van der Waals surface area contributed by atoms with Gasteiger partial charge in [0.25, 0.3) is 5.91 Å². The summed E-state index contributed by atoms with van der Waals surface area (Å²) >= 11 is 0. The second-order valence-electron chi connectivity index (χ2n) is 10.0. The van der Waals surface area contributed by atoms with Gasteiger partial charge in [-0.15, -0.1) is 0 Å². The first-order chi connectivity index (χ1) is 17.6. The minimum Gasteiger partial charge on any atom is -0.494 e. The lowest BCUT2D eigenvalue weighted by Crippen LogP contribution is -2.35. The summed E-state index contributed by atoms with van der Waals surface area (Å²) < 4.78 is 5.91. The van der Waals surface area contributed by atoms with E-state index in [1.54, 1.807) is 6.92 Å². The quantitative estimate of drug-likeness (QED) is 0.543. The summed E-state index contributed by atoms with van der Waals surface area (Å²) in [7, 11) is 0. The van der Waals surface area contributed by atoms with Crippen molar-refractivity contribution in [1.29, 1.82) is 0 Å². The number of para-hydroxylation sites is 1. The monoisotopic (exact) mass is 491 g/mol. The number of amides is 2. The molecule has 36 heavy (non-hydrogen) atoms. The van der Waals surface area contributed by atoms with E-state index in [9.17, 15) is 9.59 Å². The highest BCUT2D eigenvalue weighted by Crippen LogP contribution is 2.27. The Hall–Kier alpha value is -2.86. The van der Waals surface area contributed by atoms with E-state index in [0.717, 1.165) is 80.8 Å². The van der Waals surface area contributed by atoms with Gasteiger partial charge in [-0.05, 0) is 75.5 Å². The summed E-state index contributed by atoms with van der Waals surface area (Å²) in [5.74, 6) is 0.967. The fourth-order valence-corrected chi connectivity index (χ4v) is 5.41. The maximum atomic E-state index is 13.9. The van der Waals surface area contributed by atoms with E-state index < -0.39 is 0 Å². The number of likely N-dealkylation sites (tertiary alicyclic amines) is 1. The van der Waals surface area contributed by atoms with E-state index in [0.29, 0.717) is 25.3 Å². The number of ether oxygens (including phenoxy) is 1. The van der Waals surface area contributed by atoms with Gasteiger partial charge in [0, 0.05) is 49.9 Å². The van der Waals surface area contributed by atoms with E-state index in [1.165, 1.54) is 12.8 Å². The van der Waals surface area contributed by atoms with Crippen LogP contribution in [-0.2, 0) is 17.9 Å². The number of anilines is 1. The molecular formula is C30H41N3O3. The SMILES string of the molecule is CCOc1ccc(C(=O)N2CCCCCCCN(C(C)=O)c3ccccc3C2)cc1CN1CCCC1. The molecule has 6 heteroatoms. The van der Waals surface area contributed by atoms with Crippen LogP contribution in [-0.4, -0.2) is 54.4 Å². The minimum absolute atomic E-state index is 0.0435. The Morgan fingerprint density at radius 1 is 0.861 bits per heavy atom. The highest BCUT2D eigenvalue weighted by Gasteiger charge is 2.23.